The molecule has 1 heterocycles. The van der Waals surface area contributed by atoms with Gasteiger partial charge in [0.25, 0.3) is 17.5 Å². The summed E-state index contributed by atoms with van der Waals surface area (Å²) in [6, 6.07) is 17.7. The standard InChI is InChI=1S/C25H24N4O6/c1-34-23-5-3-2-4-21(23)27-24(30)17-6-8-18(9-7-17)26-25(31)20-16-19(29(32)33)10-11-22(20)28-12-14-35-15-13-28/h2-11,16H,12-15H2,1H3,(H,26,31)(H,27,30). The number of morpholine rings is 1. The van der Waals surface area contributed by atoms with Gasteiger partial charge in [-0.15, -0.1) is 0 Å². The number of carbonyl (C=O) groups excluding carboxylic acids is 2. The molecule has 1 aliphatic heterocycles. The van der Waals surface area contributed by atoms with Crippen molar-refractivity contribution in [1.82, 2.24) is 0 Å². The molecule has 180 valence electrons. The molecule has 0 spiro atoms. The van der Waals surface area contributed by atoms with Crippen LogP contribution in [0, 0.1) is 10.1 Å². The highest BCUT2D eigenvalue weighted by molar-refractivity contribution is 6.09. The van der Waals surface area contributed by atoms with Gasteiger partial charge in [-0.25, -0.2) is 0 Å². The van der Waals surface area contributed by atoms with E-state index in [1.54, 1.807) is 54.6 Å². The molecule has 0 saturated carbocycles. The largest absolute Gasteiger partial charge is 0.495 e. The van der Waals surface area contributed by atoms with E-state index in [0.717, 1.165) is 0 Å². The molecule has 10 nitrogen and oxygen atoms in total. The molecule has 3 aromatic rings. The minimum Gasteiger partial charge on any atom is -0.495 e. The predicted molar refractivity (Wildman–Crippen MR) is 131 cm³/mol. The Bertz CT molecular complexity index is 1240. The third kappa shape index (κ3) is 5.56. The topological polar surface area (TPSA) is 123 Å². The Balaban J connectivity index is 1.50. The van der Waals surface area contributed by atoms with E-state index in [2.05, 4.69) is 10.6 Å². The zero-order chi connectivity index (χ0) is 24.8. The summed E-state index contributed by atoms with van der Waals surface area (Å²) in [5.41, 5.74) is 2.00. The normalized spacial score (nSPS) is 13.1. The van der Waals surface area contributed by atoms with E-state index < -0.39 is 10.8 Å². The van der Waals surface area contributed by atoms with Crippen molar-refractivity contribution < 1.29 is 24.0 Å². The summed E-state index contributed by atoms with van der Waals surface area (Å²) < 4.78 is 10.6. The second kappa shape index (κ2) is 10.7. The van der Waals surface area contributed by atoms with Gasteiger partial charge < -0.3 is 25.0 Å². The molecule has 3 aromatic carbocycles. The highest BCUT2D eigenvalue weighted by Gasteiger charge is 2.22. The van der Waals surface area contributed by atoms with Gasteiger partial charge in [-0.1, -0.05) is 12.1 Å². The number of nitro benzene ring substituents is 1. The van der Waals surface area contributed by atoms with E-state index in [1.807, 2.05) is 4.90 Å². The SMILES string of the molecule is COc1ccccc1NC(=O)c1ccc(NC(=O)c2cc([N+](=O)[O-])ccc2N2CCOCC2)cc1. The molecular formula is C25H24N4O6. The first-order valence-corrected chi connectivity index (χ1v) is 10.9. The van der Waals surface area contributed by atoms with Gasteiger partial charge in [0.05, 0.1) is 42.2 Å². The summed E-state index contributed by atoms with van der Waals surface area (Å²) in [5, 5.41) is 16.8. The third-order valence-electron chi connectivity index (χ3n) is 5.55. The molecule has 1 fully saturated rings. The van der Waals surface area contributed by atoms with E-state index in [1.165, 1.54) is 19.2 Å². The van der Waals surface area contributed by atoms with Crippen LogP contribution in [0.2, 0.25) is 0 Å². The van der Waals surface area contributed by atoms with Crippen LogP contribution in [0.5, 0.6) is 5.75 Å². The molecule has 0 atom stereocenters. The molecule has 1 aliphatic rings. The number of benzene rings is 3. The number of hydrogen-bond donors (Lipinski definition) is 2. The Morgan fingerprint density at radius 3 is 2.37 bits per heavy atom. The number of nitrogens with one attached hydrogen (secondary N) is 2. The second-order valence-electron chi connectivity index (χ2n) is 7.74. The molecule has 2 N–H and O–H groups in total. The number of amides is 2. The Kier molecular flexibility index (Phi) is 7.22. The number of non-ortho nitro benzene ring substituents is 1. The van der Waals surface area contributed by atoms with Gasteiger partial charge in [0, 0.05) is 36.5 Å². The number of methoxy groups -OCH3 is 1. The fraction of sp³-hybridized carbons (Fsp3) is 0.200. The molecular weight excluding hydrogens is 452 g/mol. The van der Waals surface area contributed by atoms with E-state index in [0.29, 0.717) is 54.7 Å². The fourth-order valence-electron chi connectivity index (χ4n) is 3.75. The van der Waals surface area contributed by atoms with Crippen LogP contribution >= 0.6 is 0 Å². The quantitative estimate of drug-likeness (QED) is 0.391. The minimum absolute atomic E-state index is 0.171. The van der Waals surface area contributed by atoms with Crippen molar-refractivity contribution in [3.8, 4) is 5.75 Å². The molecule has 0 radical (unpaired) electrons. The Morgan fingerprint density at radius 1 is 0.971 bits per heavy atom. The number of para-hydroxylation sites is 2. The van der Waals surface area contributed by atoms with Gasteiger partial charge in [0.15, 0.2) is 0 Å². The van der Waals surface area contributed by atoms with Gasteiger partial charge in [0.2, 0.25) is 0 Å². The molecule has 1 saturated heterocycles. The molecule has 0 aliphatic carbocycles. The average Bonchev–Trinajstić information content (AvgIpc) is 2.89. The van der Waals surface area contributed by atoms with Crippen LogP contribution in [0.1, 0.15) is 20.7 Å². The first-order chi connectivity index (χ1) is 17.0. The van der Waals surface area contributed by atoms with Crippen LogP contribution in [0.4, 0.5) is 22.7 Å². The van der Waals surface area contributed by atoms with Crippen LogP contribution in [0.3, 0.4) is 0 Å². The van der Waals surface area contributed by atoms with Crippen LogP contribution in [-0.2, 0) is 4.74 Å². The molecule has 0 unspecified atom stereocenters. The summed E-state index contributed by atoms with van der Waals surface area (Å²) in [5.74, 6) is -0.278. The van der Waals surface area contributed by atoms with Crippen molar-refractivity contribution in [2.75, 3.05) is 48.9 Å². The van der Waals surface area contributed by atoms with Crippen molar-refractivity contribution in [3.63, 3.8) is 0 Å². The number of rotatable bonds is 7. The highest BCUT2D eigenvalue weighted by atomic mass is 16.6. The average molecular weight is 476 g/mol. The summed E-state index contributed by atoms with van der Waals surface area (Å²) >= 11 is 0. The predicted octanol–water partition coefficient (Wildman–Crippen LogP) is 3.94. The van der Waals surface area contributed by atoms with Crippen LogP contribution < -0.4 is 20.3 Å². The maximum atomic E-state index is 13.1. The van der Waals surface area contributed by atoms with E-state index >= 15 is 0 Å². The zero-order valence-corrected chi connectivity index (χ0v) is 19.0. The van der Waals surface area contributed by atoms with Gasteiger partial charge >= 0.3 is 0 Å². The van der Waals surface area contributed by atoms with Crippen molar-refractivity contribution >= 4 is 34.6 Å². The minimum atomic E-state index is -0.533. The number of ether oxygens (including phenoxy) is 2. The Labute approximate surface area is 201 Å². The molecule has 2 amide bonds. The lowest BCUT2D eigenvalue weighted by molar-refractivity contribution is -0.384. The van der Waals surface area contributed by atoms with Crippen molar-refractivity contribution in [2.45, 2.75) is 0 Å². The maximum Gasteiger partial charge on any atom is 0.270 e. The van der Waals surface area contributed by atoms with E-state index in [-0.39, 0.29) is 17.2 Å². The van der Waals surface area contributed by atoms with Crippen molar-refractivity contribution in [1.29, 1.82) is 0 Å². The zero-order valence-electron chi connectivity index (χ0n) is 19.0. The van der Waals surface area contributed by atoms with Crippen LogP contribution in [-0.4, -0.2) is 50.2 Å². The first kappa shape index (κ1) is 23.7. The third-order valence-corrected chi connectivity index (χ3v) is 5.55. The second-order valence-corrected chi connectivity index (χ2v) is 7.74. The summed E-state index contributed by atoms with van der Waals surface area (Å²) in [6.07, 6.45) is 0. The van der Waals surface area contributed by atoms with Gasteiger partial charge in [-0.3, -0.25) is 19.7 Å². The summed E-state index contributed by atoms with van der Waals surface area (Å²) in [4.78, 5) is 38.4. The molecule has 35 heavy (non-hydrogen) atoms. The number of hydrogen-bond acceptors (Lipinski definition) is 7. The number of carbonyl (C=O) groups is 2. The smallest absolute Gasteiger partial charge is 0.270 e. The lowest BCUT2D eigenvalue weighted by atomic mass is 10.1. The lowest BCUT2D eigenvalue weighted by Gasteiger charge is -2.30. The first-order valence-electron chi connectivity index (χ1n) is 10.9. The van der Waals surface area contributed by atoms with Gasteiger partial charge in [-0.2, -0.15) is 0 Å². The highest BCUT2D eigenvalue weighted by Crippen LogP contribution is 2.28. The lowest BCUT2D eigenvalue weighted by Crippen LogP contribution is -2.37. The Morgan fingerprint density at radius 2 is 1.69 bits per heavy atom. The molecule has 10 heteroatoms. The van der Waals surface area contributed by atoms with Crippen molar-refractivity contribution in [2.24, 2.45) is 0 Å². The van der Waals surface area contributed by atoms with Crippen LogP contribution in [0.25, 0.3) is 0 Å². The summed E-state index contributed by atoms with van der Waals surface area (Å²) in [7, 11) is 1.52. The maximum absolute atomic E-state index is 13.1. The van der Waals surface area contributed by atoms with Crippen LogP contribution in [0.15, 0.2) is 66.7 Å². The Hall–Kier alpha value is -4.44. The summed E-state index contributed by atoms with van der Waals surface area (Å²) in [6.45, 7) is 2.18. The number of nitrogens with zero attached hydrogens (tertiary/aromatic N) is 2. The van der Waals surface area contributed by atoms with E-state index in [9.17, 15) is 19.7 Å². The number of anilines is 3. The molecule has 0 bridgehead atoms. The van der Waals surface area contributed by atoms with E-state index in [4.69, 9.17) is 9.47 Å². The number of nitro groups is 1. The van der Waals surface area contributed by atoms with Gasteiger partial charge in [0.1, 0.15) is 5.75 Å². The monoisotopic (exact) mass is 476 g/mol. The fourth-order valence-corrected chi connectivity index (χ4v) is 3.75. The van der Waals surface area contributed by atoms with Crippen molar-refractivity contribution in [3.05, 3.63) is 88.0 Å². The molecule has 4 rings (SSSR count). The molecule has 0 aromatic heterocycles. The van der Waals surface area contributed by atoms with Gasteiger partial charge in [-0.05, 0) is 42.5 Å².